The first-order chi connectivity index (χ1) is 13.8. The maximum atomic E-state index is 10.3. The molecule has 3 saturated carbocycles. The zero-order valence-corrected chi connectivity index (χ0v) is 19.2. The minimum absolute atomic E-state index is 0.0792. The fourth-order valence-corrected chi connectivity index (χ4v) is 10.4. The van der Waals surface area contributed by atoms with Crippen LogP contribution in [0.3, 0.4) is 0 Å². The van der Waals surface area contributed by atoms with E-state index in [2.05, 4.69) is 38.7 Å². The summed E-state index contributed by atoms with van der Waals surface area (Å²) in [5.74, 6) is 5.44. The van der Waals surface area contributed by atoms with Crippen molar-refractivity contribution in [3.63, 3.8) is 0 Å². The van der Waals surface area contributed by atoms with Gasteiger partial charge in [-0.3, -0.25) is 4.90 Å². The second-order valence-corrected chi connectivity index (χ2v) is 12.8. The molecule has 2 saturated heterocycles. The van der Waals surface area contributed by atoms with Crippen molar-refractivity contribution >= 4 is 0 Å². The Morgan fingerprint density at radius 3 is 2.66 bits per heavy atom. The molecule has 2 nitrogen and oxygen atoms in total. The topological polar surface area (TPSA) is 23.5 Å². The van der Waals surface area contributed by atoms with Gasteiger partial charge in [0.25, 0.3) is 0 Å². The molecular formula is C27H43NO. The van der Waals surface area contributed by atoms with Crippen LogP contribution in [0.15, 0.2) is 11.6 Å². The van der Waals surface area contributed by atoms with Gasteiger partial charge in [0.2, 0.25) is 0 Å². The Bertz CT molecular complexity index is 715. The molecule has 0 spiro atoms. The number of aliphatic hydroxyl groups excluding tert-OH is 1. The molecule has 2 aliphatic heterocycles. The van der Waals surface area contributed by atoms with E-state index in [0.717, 1.165) is 60.4 Å². The summed E-state index contributed by atoms with van der Waals surface area (Å²) in [6.45, 7) is 11.8. The summed E-state index contributed by atoms with van der Waals surface area (Å²) in [4.78, 5) is 3.02. The third-order valence-corrected chi connectivity index (χ3v) is 11.7. The van der Waals surface area contributed by atoms with E-state index in [4.69, 9.17) is 0 Å². The van der Waals surface area contributed by atoms with Crippen LogP contribution in [0.5, 0.6) is 0 Å². The van der Waals surface area contributed by atoms with E-state index in [1.54, 1.807) is 5.57 Å². The first-order valence-electron chi connectivity index (χ1n) is 13.0. The normalized spacial score (nSPS) is 59.2. The van der Waals surface area contributed by atoms with E-state index in [1.807, 2.05) is 0 Å². The summed E-state index contributed by atoms with van der Waals surface area (Å²) >= 11 is 0. The number of piperidine rings is 1. The molecule has 0 aromatic heterocycles. The third kappa shape index (κ3) is 2.48. The van der Waals surface area contributed by atoms with Gasteiger partial charge in [-0.15, -0.1) is 0 Å². The van der Waals surface area contributed by atoms with E-state index in [1.165, 1.54) is 51.5 Å². The highest BCUT2D eigenvalue weighted by Crippen LogP contribution is 2.69. The molecule has 6 rings (SSSR count). The lowest BCUT2D eigenvalue weighted by atomic mass is 9.47. The predicted molar refractivity (Wildman–Crippen MR) is 118 cm³/mol. The molecule has 7 unspecified atom stereocenters. The number of fused-ring (bicyclic) bond motifs is 9. The second kappa shape index (κ2) is 6.35. The van der Waals surface area contributed by atoms with Gasteiger partial charge in [0.05, 0.1) is 6.10 Å². The smallest absolute Gasteiger partial charge is 0.0577 e. The standard InChI is InChI=1S/C27H43NO/c1-16-5-8-23-17(2)25-24(28(23)15-16)14-22-20-7-6-18-13-19(29)9-11-26(18,3)21(20)10-12-27(22,25)4/h6,16-17,19-25,29H,5,7-15H2,1-4H3/t16?,17?,19-,20+,21?,22?,23?,24?,25?,26-,27-/m0/s1. The van der Waals surface area contributed by atoms with Crippen LogP contribution in [-0.2, 0) is 0 Å². The highest BCUT2D eigenvalue weighted by atomic mass is 16.3. The minimum Gasteiger partial charge on any atom is -0.393 e. The summed E-state index contributed by atoms with van der Waals surface area (Å²) < 4.78 is 0. The summed E-state index contributed by atoms with van der Waals surface area (Å²) in [7, 11) is 0. The van der Waals surface area contributed by atoms with Crippen LogP contribution < -0.4 is 0 Å². The van der Waals surface area contributed by atoms with Crippen LogP contribution in [0.2, 0.25) is 0 Å². The Morgan fingerprint density at radius 2 is 1.83 bits per heavy atom. The van der Waals surface area contributed by atoms with Crippen molar-refractivity contribution in [2.24, 2.45) is 46.3 Å². The van der Waals surface area contributed by atoms with Gasteiger partial charge in [-0.05, 0) is 104 Å². The van der Waals surface area contributed by atoms with Crippen molar-refractivity contribution < 1.29 is 5.11 Å². The average molecular weight is 398 g/mol. The van der Waals surface area contributed by atoms with Crippen molar-refractivity contribution in [2.45, 2.75) is 104 Å². The molecule has 6 aliphatic rings. The average Bonchev–Trinajstić information content (AvgIpc) is 3.15. The van der Waals surface area contributed by atoms with Crippen LogP contribution in [-0.4, -0.2) is 34.7 Å². The van der Waals surface area contributed by atoms with Gasteiger partial charge >= 0.3 is 0 Å². The number of rotatable bonds is 0. The number of allylic oxidation sites excluding steroid dienone is 1. The maximum absolute atomic E-state index is 10.3. The lowest BCUT2D eigenvalue weighted by molar-refractivity contribution is -0.0574. The van der Waals surface area contributed by atoms with E-state index in [-0.39, 0.29) is 6.10 Å². The Hall–Kier alpha value is -0.340. The van der Waals surface area contributed by atoms with Gasteiger partial charge in [-0.2, -0.15) is 0 Å². The van der Waals surface area contributed by atoms with Gasteiger partial charge < -0.3 is 5.11 Å². The minimum atomic E-state index is -0.0792. The molecule has 4 aliphatic carbocycles. The Labute approximate surface area is 178 Å². The van der Waals surface area contributed by atoms with E-state index >= 15 is 0 Å². The van der Waals surface area contributed by atoms with Gasteiger partial charge in [-0.25, -0.2) is 0 Å². The van der Waals surface area contributed by atoms with Gasteiger partial charge in [0.1, 0.15) is 0 Å². The van der Waals surface area contributed by atoms with Crippen molar-refractivity contribution in [1.82, 2.24) is 4.90 Å². The van der Waals surface area contributed by atoms with Crippen molar-refractivity contribution in [1.29, 1.82) is 0 Å². The predicted octanol–water partition coefficient (Wildman–Crippen LogP) is 5.66. The van der Waals surface area contributed by atoms with Gasteiger partial charge in [-0.1, -0.05) is 39.3 Å². The molecule has 29 heavy (non-hydrogen) atoms. The number of hydrogen-bond donors (Lipinski definition) is 1. The summed E-state index contributed by atoms with van der Waals surface area (Å²) in [5, 5.41) is 10.3. The number of hydrogen-bond acceptors (Lipinski definition) is 2. The molecule has 0 aromatic carbocycles. The first kappa shape index (κ1) is 19.4. The molecule has 0 aromatic rings. The fourth-order valence-electron chi connectivity index (χ4n) is 10.4. The molecule has 11 atom stereocenters. The first-order valence-corrected chi connectivity index (χ1v) is 13.0. The largest absolute Gasteiger partial charge is 0.393 e. The van der Waals surface area contributed by atoms with Crippen molar-refractivity contribution in [3.8, 4) is 0 Å². The second-order valence-electron chi connectivity index (χ2n) is 12.8. The number of nitrogens with zero attached hydrogens (tertiary/aromatic N) is 1. The van der Waals surface area contributed by atoms with Crippen LogP contribution in [0.4, 0.5) is 0 Å². The Kier molecular flexibility index (Phi) is 4.23. The zero-order chi connectivity index (χ0) is 20.1. The Morgan fingerprint density at radius 1 is 1.00 bits per heavy atom. The third-order valence-electron chi connectivity index (χ3n) is 11.7. The van der Waals surface area contributed by atoms with E-state index in [9.17, 15) is 5.11 Å². The maximum Gasteiger partial charge on any atom is 0.0577 e. The molecule has 2 heterocycles. The molecule has 162 valence electrons. The molecule has 2 heteroatoms. The van der Waals surface area contributed by atoms with Crippen LogP contribution >= 0.6 is 0 Å². The molecule has 0 radical (unpaired) electrons. The van der Waals surface area contributed by atoms with Crippen LogP contribution in [0, 0.1) is 46.3 Å². The lowest BCUT2D eigenvalue weighted by Crippen LogP contribution is -2.51. The van der Waals surface area contributed by atoms with Crippen molar-refractivity contribution in [3.05, 3.63) is 11.6 Å². The van der Waals surface area contributed by atoms with Crippen LogP contribution in [0.25, 0.3) is 0 Å². The van der Waals surface area contributed by atoms with E-state index < -0.39 is 0 Å². The van der Waals surface area contributed by atoms with Crippen molar-refractivity contribution in [2.75, 3.05) is 6.54 Å². The van der Waals surface area contributed by atoms with Gasteiger partial charge in [0, 0.05) is 18.6 Å². The molecule has 0 amide bonds. The summed E-state index contributed by atoms with van der Waals surface area (Å²) in [6, 6.07) is 1.75. The zero-order valence-electron chi connectivity index (χ0n) is 19.2. The Balaban J connectivity index is 1.33. The molecule has 0 bridgehead atoms. The molecular weight excluding hydrogens is 354 g/mol. The van der Waals surface area contributed by atoms with Crippen LogP contribution in [0.1, 0.15) is 85.5 Å². The van der Waals surface area contributed by atoms with E-state index in [0.29, 0.717) is 10.8 Å². The number of aliphatic hydroxyl groups is 1. The molecule has 1 N–H and O–H groups in total. The fraction of sp³-hybridized carbons (Fsp3) is 0.926. The SMILES string of the molecule is CC1CCC2C(C)C3C(CC4[C@@H]5CC=C6C[C@@H](O)CC[C@]6(C)C5CC[C@]34C)N2C1. The monoisotopic (exact) mass is 397 g/mol. The lowest BCUT2D eigenvalue weighted by Gasteiger charge is -2.58. The highest BCUT2D eigenvalue weighted by molar-refractivity contribution is 5.26. The molecule has 5 fully saturated rings. The van der Waals surface area contributed by atoms with Gasteiger partial charge in [0.15, 0.2) is 0 Å². The quantitative estimate of drug-likeness (QED) is 0.534. The summed E-state index contributed by atoms with van der Waals surface area (Å²) in [6.07, 6.45) is 14.3. The highest BCUT2D eigenvalue weighted by Gasteiger charge is 2.66. The summed E-state index contributed by atoms with van der Waals surface area (Å²) in [5.41, 5.74) is 2.58.